The smallest absolute Gasteiger partial charge is 0.225 e. The number of hydrogen-bond acceptors (Lipinski definition) is 2. The summed E-state index contributed by atoms with van der Waals surface area (Å²) in [5.74, 6) is 0.902. The van der Waals surface area contributed by atoms with Crippen LogP contribution in [0.2, 0.25) is 0 Å². The summed E-state index contributed by atoms with van der Waals surface area (Å²) in [6, 6.07) is 8.52. The third-order valence-corrected chi connectivity index (χ3v) is 3.58. The van der Waals surface area contributed by atoms with Crippen LogP contribution in [-0.2, 0) is 11.3 Å². The van der Waals surface area contributed by atoms with E-state index in [9.17, 15) is 4.79 Å². The van der Waals surface area contributed by atoms with Crippen molar-refractivity contribution in [2.45, 2.75) is 41.2 Å². The molecule has 1 amide bonds. The van der Waals surface area contributed by atoms with Crippen molar-refractivity contribution in [1.29, 1.82) is 0 Å². The monoisotopic (exact) mass is 332 g/mol. The maximum Gasteiger partial charge on any atom is 0.225 e. The van der Waals surface area contributed by atoms with Gasteiger partial charge in [-0.1, -0.05) is 50.6 Å². The first-order chi connectivity index (χ1) is 11.2. The summed E-state index contributed by atoms with van der Waals surface area (Å²) in [5, 5.41) is 6.22. The molecule has 1 aromatic carbocycles. The lowest BCUT2D eigenvalue weighted by molar-refractivity contribution is -0.128. The summed E-state index contributed by atoms with van der Waals surface area (Å²) in [4.78, 5) is 18.5. The Bertz CT molecular complexity index is 543. The zero-order valence-corrected chi connectivity index (χ0v) is 15.9. The molecular weight excluding hydrogens is 300 g/mol. The fraction of sp³-hybridized carbons (Fsp3) is 0.579. The minimum absolute atomic E-state index is 0.0516. The number of carbonyl (C=O) groups is 1. The molecule has 0 aliphatic heterocycles. The maximum absolute atomic E-state index is 11.9. The van der Waals surface area contributed by atoms with Crippen LogP contribution >= 0.6 is 0 Å². The summed E-state index contributed by atoms with van der Waals surface area (Å²) in [6.45, 7) is 12.6. The Morgan fingerprint density at radius 1 is 1.17 bits per heavy atom. The van der Waals surface area contributed by atoms with Crippen LogP contribution in [0.3, 0.4) is 0 Å². The molecule has 0 spiro atoms. The summed E-state index contributed by atoms with van der Waals surface area (Å²) >= 11 is 0. The molecular formula is C19H32N4O. The number of aryl methyl sites for hydroxylation is 1. The predicted octanol–water partition coefficient (Wildman–Crippen LogP) is 2.55. The highest BCUT2D eigenvalue weighted by Crippen LogP contribution is 2.12. The van der Waals surface area contributed by atoms with Crippen LogP contribution in [0.25, 0.3) is 0 Å². The molecule has 0 aliphatic rings. The van der Waals surface area contributed by atoms with Gasteiger partial charge in [-0.25, -0.2) is 0 Å². The largest absolute Gasteiger partial charge is 0.357 e. The van der Waals surface area contributed by atoms with Gasteiger partial charge in [-0.05, 0) is 19.4 Å². The second-order valence-corrected chi connectivity index (χ2v) is 7.08. The van der Waals surface area contributed by atoms with Gasteiger partial charge >= 0.3 is 0 Å². The number of nitrogens with one attached hydrogen (secondary N) is 2. The Kier molecular flexibility index (Phi) is 7.75. The van der Waals surface area contributed by atoms with Gasteiger partial charge in [0.05, 0.1) is 6.54 Å². The van der Waals surface area contributed by atoms with E-state index in [0.717, 1.165) is 19.0 Å². The summed E-state index contributed by atoms with van der Waals surface area (Å²) in [5.41, 5.74) is 2.14. The third kappa shape index (κ3) is 7.02. The molecule has 0 saturated carbocycles. The van der Waals surface area contributed by atoms with Crippen molar-refractivity contribution in [3.05, 3.63) is 35.4 Å². The molecule has 0 unspecified atom stereocenters. The number of nitrogens with zero attached hydrogens (tertiary/aromatic N) is 2. The fourth-order valence-corrected chi connectivity index (χ4v) is 2.11. The van der Waals surface area contributed by atoms with Gasteiger partial charge in [-0.15, -0.1) is 0 Å². The van der Waals surface area contributed by atoms with E-state index in [4.69, 9.17) is 0 Å². The zero-order valence-electron chi connectivity index (χ0n) is 15.9. The SMILES string of the molecule is CCNC(=NCCNC(=O)C(C)(C)C)N(C)Cc1ccc(C)cc1. The lowest BCUT2D eigenvalue weighted by atomic mass is 9.96. The first-order valence-corrected chi connectivity index (χ1v) is 8.57. The van der Waals surface area contributed by atoms with E-state index in [2.05, 4.69) is 58.6 Å². The van der Waals surface area contributed by atoms with Gasteiger partial charge in [0.25, 0.3) is 0 Å². The molecule has 0 fully saturated rings. The highest BCUT2D eigenvalue weighted by molar-refractivity contribution is 5.81. The standard InChI is InChI=1S/C19H32N4O/c1-7-20-18(22-13-12-21-17(24)19(3,4)5)23(6)14-16-10-8-15(2)9-11-16/h8-11H,7,12-14H2,1-6H3,(H,20,22)(H,21,24). The summed E-state index contributed by atoms with van der Waals surface area (Å²) < 4.78 is 0. The van der Waals surface area contributed by atoms with E-state index >= 15 is 0 Å². The van der Waals surface area contributed by atoms with Gasteiger partial charge in [-0.2, -0.15) is 0 Å². The molecule has 0 bridgehead atoms. The van der Waals surface area contributed by atoms with Crippen LogP contribution in [0.5, 0.6) is 0 Å². The van der Waals surface area contributed by atoms with E-state index in [1.54, 1.807) is 0 Å². The van der Waals surface area contributed by atoms with Crippen LogP contribution < -0.4 is 10.6 Å². The maximum atomic E-state index is 11.9. The number of guanidine groups is 1. The minimum atomic E-state index is -0.365. The van der Waals surface area contributed by atoms with Crippen LogP contribution in [0.1, 0.15) is 38.8 Å². The van der Waals surface area contributed by atoms with E-state index in [1.807, 2.05) is 27.8 Å². The second kappa shape index (κ2) is 9.30. The lowest BCUT2D eigenvalue weighted by Gasteiger charge is -2.22. The van der Waals surface area contributed by atoms with E-state index in [-0.39, 0.29) is 11.3 Å². The Morgan fingerprint density at radius 2 is 1.79 bits per heavy atom. The topological polar surface area (TPSA) is 56.7 Å². The molecule has 134 valence electrons. The van der Waals surface area contributed by atoms with Crippen LogP contribution in [0.15, 0.2) is 29.3 Å². The molecule has 0 radical (unpaired) electrons. The Balaban J connectivity index is 2.57. The quantitative estimate of drug-likeness (QED) is 0.478. The Labute approximate surface area is 146 Å². The summed E-state index contributed by atoms with van der Waals surface area (Å²) in [6.07, 6.45) is 0. The molecule has 2 N–H and O–H groups in total. The van der Waals surface area contributed by atoms with Gasteiger partial charge in [0.1, 0.15) is 0 Å². The van der Waals surface area contributed by atoms with Crippen molar-refractivity contribution in [2.24, 2.45) is 10.4 Å². The number of aliphatic imine (C=N–C) groups is 1. The van der Waals surface area contributed by atoms with Gasteiger partial charge < -0.3 is 15.5 Å². The Morgan fingerprint density at radius 3 is 2.33 bits per heavy atom. The first-order valence-electron chi connectivity index (χ1n) is 8.57. The second-order valence-electron chi connectivity index (χ2n) is 7.08. The highest BCUT2D eigenvalue weighted by atomic mass is 16.2. The molecule has 0 heterocycles. The average molecular weight is 332 g/mol. The van der Waals surface area contributed by atoms with Gasteiger partial charge in [0.15, 0.2) is 5.96 Å². The van der Waals surface area contributed by atoms with Gasteiger partial charge in [0.2, 0.25) is 5.91 Å². The molecule has 0 atom stereocenters. The molecule has 0 saturated heterocycles. The van der Waals surface area contributed by atoms with Crippen LogP contribution in [0.4, 0.5) is 0 Å². The minimum Gasteiger partial charge on any atom is -0.357 e. The zero-order chi connectivity index (χ0) is 18.2. The lowest BCUT2D eigenvalue weighted by Crippen LogP contribution is -2.40. The highest BCUT2D eigenvalue weighted by Gasteiger charge is 2.20. The summed E-state index contributed by atoms with van der Waals surface area (Å²) in [7, 11) is 2.02. The Hall–Kier alpha value is -2.04. The van der Waals surface area contributed by atoms with Crippen molar-refractivity contribution in [3.8, 4) is 0 Å². The van der Waals surface area contributed by atoms with Crippen LogP contribution in [-0.4, -0.2) is 43.4 Å². The number of benzene rings is 1. The van der Waals surface area contributed by atoms with Gasteiger partial charge in [-0.3, -0.25) is 9.79 Å². The molecule has 0 aliphatic carbocycles. The molecule has 1 aromatic rings. The van der Waals surface area contributed by atoms with Crippen molar-refractivity contribution < 1.29 is 4.79 Å². The molecule has 5 heteroatoms. The molecule has 24 heavy (non-hydrogen) atoms. The third-order valence-electron chi connectivity index (χ3n) is 3.58. The first kappa shape index (κ1) is 20.0. The molecule has 0 aromatic heterocycles. The van der Waals surface area contributed by atoms with E-state index in [1.165, 1.54) is 11.1 Å². The predicted molar refractivity (Wildman–Crippen MR) is 101 cm³/mol. The van der Waals surface area contributed by atoms with Gasteiger partial charge in [0, 0.05) is 32.1 Å². The van der Waals surface area contributed by atoms with Crippen molar-refractivity contribution in [3.63, 3.8) is 0 Å². The number of rotatable bonds is 6. The van der Waals surface area contributed by atoms with E-state index < -0.39 is 0 Å². The number of hydrogen-bond donors (Lipinski definition) is 2. The normalized spacial score (nSPS) is 12.0. The van der Waals surface area contributed by atoms with Crippen molar-refractivity contribution >= 4 is 11.9 Å². The number of carbonyl (C=O) groups excluding carboxylic acids is 1. The van der Waals surface area contributed by atoms with Crippen molar-refractivity contribution in [1.82, 2.24) is 15.5 Å². The fourth-order valence-electron chi connectivity index (χ4n) is 2.11. The van der Waals surface area contributed by atoms with Crippen molar-refractivity contribution in [2.75, 3.05) is 26.7 Å². The number of amides is 1. The van der Waals surface area contributed by atoms with Crippen LogP contribution in [0, 0.1) is 12.3 Å². The molecule has 5 nitrogen and oxygen atoms in total. The average Bonchev–Trinajstić information content (AvgIpc) is 2.51. The van der Waals surface area contributed by atoms with E-state index in [0.29, 0.717) is 13.1 Å². The molecule has 1 rings (SSSR count).